The van der Waals surface area contributed by atoms with Crippen molar-refractivity contribution in [2.45, 2.75) is 32.9 Å². The van der Waals surface area contributed by atoms with E-state index in [1.54, 1.807) is 0 Å². The number of rotatable bonds is 3. The molecule has 5 nitrogen and oxygen atoms in total. The summed E-state index contributed by atoms with van der Waals surface area (Å²) in [6.07, 6.45) is 1.20. The number of aryl methyl sites for hydroxylation is 1. The molecular formula is C12H20N4O. The van der Waals surface area contributed by atoms with Crippen molar-refractivity contribution in [1.82, 2.24) is 20.4 Å². The molecule has 0 aliphatic carbocycles. The molecular weight excluding hydrogens is 216 g/mol. The smallest absolute Gasteiger partial charge is 0.240 e. The van der Waals surface area contributed by atoms with Gasteiger partial charge >= 0.3 is 0 Å². The number of nitrogens with zero attached hydrogens (tertiary/aromatic N) is 3. The molecule has 94 valence electrons. The quantitative estimate of drug-likeness (QED) is 0.841. The Bertz CT molecular complexity index is 392. The van der Waals surface area contributed by atoms with Crippen molar-refractivity contribution in [3.05, 3.63) is 11.7 Å². The van der Waals surface area contributed by atoms with E-state index < -0.39 is 0 Å². The number of likely N-dealkylation sites (tertiary alicyclic amines) is 1. The lowest BCUT2D eigenvalue weighted by Gasteiger charge is -2.25. The van der Waals surface area contributed by atoms with E-state index in [9.17, 15) is 0 Å². The fourth-order valence-electron chi connectivity index (χ4n) is 3.43. The SMILES string of the molecule is CCC1C2CNCC2CN1Cc1nc(C)no1. The van der Waals surface area contributed by atoms with E-state index in [0.29, 0.717) is 6.04 Å². The van der Waals surface area contributed by atoms with Crippen LogP contribution in [0.1, 0.15) is 25.1 Å². The summed E-state index contributed by atoms with van der Waals surface area (Å²) in [6.45, 7) is 8.46. The topological polar surface area (TPSA) is 54.2 Å². The maximum absolute atomic E-state index is 5.22. The van der Waals surface area contributed by atoms with Crippen LogP contribution in [-0.4, -0.2) is 40.7 Å². The van der Waals surface area contributed by atoms with Gasteiger partial charge in [-0.05, 0) is 38.3 Å². The molecule has 5 heteroatoms. The molecule has 0 spiro atoms. The Balaban J connectivity index is 1.71. The highest BCUT2D eigenvalue weighted by atomic mass is 16.5. The van der Waals surface area contributed by atoms with Crippen molar-refractivity contribution in [3.63, 3.8) is 0 Å². The van der Waals surface area contributed by atoms with Crippen LogP contribution in [-0.2, 0) is 6.54 Å². The fraction of sp³-hybridized carbons (Fsp3) is 0.833. The Hall–Kier alpha value is -0.940. The Morgan fingerprint density at radius 3 is 3.06 bits per heavy atom. The molecule has 17 heavy (non-hydrogen) atoms. The molecule has 1 aromatic rings. The van der Waals surface area contributed by atoms with Gasteiger partial charge in [0, 0.05) is 12.6 Å². The largest absolute Gasteiger partial charge is 0.338 e. The predicted octanol–water partition coefficient (Wildman–Crippen LogP) is 0.808. The van der Waals surface area contributed by atoms with Crippen LogP contribution in [0, 0.1) is 18.8 Å². The number of nitrogens with one attached hydrogen (secondary N) is 1. The maximum atomic E-state index is 5.22. The minimum Gasteiger partial charge on any atom is -0.338 e. The van der Waals surface area contributed by atoms with Crippen molar-refractivity contribution in [2.24, 2.45) is 11.8 Å². The van der Waals surface area contributed by atoms with Crippen LogP contribution >= 0.6 is 0 Å². The van der Waals surface area contributed by atoms with Gasteiger partial charge in [0.1, 0.15) is 0 Å². The second-order valence-corrected chi connectivity index (χ2v) is 5.22. The van der Waals surface area contributed by atoms with Crippen LogP contribution in [0.4, 0.5) is 0 Å². The predicted molar refractivity (Wildman–Crippen MR) is 63.4 cm³/mol. The third kappa shape index (κ3) is 1.98. The molecule has 0 aromatic carbocycles. The Morgan fingerprint density at radius 1 is 1.47 bits per heavy atom. The molecule has 2 aliphatic heterocycles. The van der Waals surface area contributed by atoms with Gasteiger partial charge in [0.25, 0.3) is 0 Å². The minimum absolute atomic E-state index is 0.669. The normalized spacial score (nSPS) is 33.2. The van der Waals surface area contributed by atoms with Crippen LogP contribution in [0.3, 0.4) is 0 Å². The van der Waals surface area contributed by atoms with Gasteiger partial charge in [0.05, 0.1) is 6.54 Å². The summed E-state index contributed by atoms with van der Waals surface area (Å²) in [5, 5.41) is 7.36. The highest BCUT2D eigenvalue weighted by Crippen LogP contribution is 2.34. The van der Waals surface area contributed by atoms with Gasteiger partial charge < -0.3 is 9.84 Å². The Kier molecular flexibility index (Phi) is 2.88. The first-order valence-corrected chi connectivity index (χ1v) is 6.52. The van der Waals surface area contributed by atoms with Gasteiger partial charge in [0.2, 0.25) is 5.89 Å². The third-order valence-electron chi connectivity index (χ3n) is 4.15. The molecule has 3 atom stereocenters. The molecule has 0 amide bonds. The van der Waals surface area contributed by atoms with Crippen molar-refractivity contribution in [3.8, 4) is 0 Å². The van der Waals surface area contributed by atoms with Crippen LogP contribution in [0.5, 0.6) is 0 Å². The molecule has 3 heterocycles. The second-order valence-electron chi connectivity index (χ2n) is 5.22. The first kappa shape index (κ1) is 11.2. The number of fused-ring (bicyclic) bond motifs is 1. The van der Waals surface area contributed by atoms with Gasteiger partial charge in [-0.3, -0.25) is 4.90 Å². The van der Waals surface area contributed by atoms with Crippen molar-refractivity contribution >= 4 is 0 Å². The zero-order chi connectivity index (χ0) is 11.8. The third-order valence-corrected chi connectivity index (χ3v) is 4.15. The first-order chi connectivity index (χ1) is 8.28. The van der Waals surface area contributed by atoms with E-state index in [4.69, 9.17) is 4.52 Å². The van der Waals surface area contributed by atoms with E-state index in [1.807, 2.05) is 6.92 Å². The number of hydrogen-bond acceptors (Lipinski definition) is 5. The molecule has 3 unspecified atom stereocenters. The summed E-state index contributed by atoms with van der Waals surface area (Å²) >= 11 is 0. The summed E-state index contributed by atoms with van der Waals surface area (Å²) in [5.74, 6) is 3.11. The molecule has 2 fully saturated rings. The minimum atomic E-state index is 0.669. The van der Waals surface area contributed by atoms with Gasteiger partial charge in [-0.25, -0.2) is 0 Å². The summed E-state index contributed by atoms with van der Waals surface area (Å²) in [7, 11) is 0. The van der Waals surface area contributed by atoms with Gasteiger partial charge in [-0.15, -0.1) is 0 Å². The van der Waals surface area contributed by atoms with Gasteiger partial charge in [-0.2, -0.15) is 4.98 Å². The highest BCUT2D eigenvalue weighted by Gasteiger charge is 2.43. The van der Waals surface area contributed by atoms with E-state index in [2.05, 4.69) is 27.3 Å². The molecule has 0 radical (unpaired) electrons. The average Bonchev–Trinajstić information content (AvgIpc) is 2.95. The van der Waals surface area contributed by atoms with E-state index in [1.165, 1.54) is 19.5 Å². The van der Waals surface area contributed by atoms with Crippen molar-refractivity contribution in [2.75, 3.05) is 19.6 Å². The lowest BCUT2D eigenvalue weighted by Crippen LogP contribution is -2.34. The summed E-state index contributed by atoms with van der Waals surface area (Å²) in [5.41, 5.74) is 0. The average molecular weight is 236 g/mol. The highest BCUT2D eigenvalue weighted by molar-refractivity contribution is 4.99. The van der Waals surface area contributed by atoms with Crippen molar-refractivity contribution in [1.29, 1.82) is 0 Å². The summed E-state index contributed by atoms with van der Waals surface area (Å²) in [4.78, 5) is 6.82. The fourth-order valence-corrected chi connectivity index (χ4v) is 3.43. The monoisotopic (exact) mass is 236 g/mol. The lowest BCUT2D eigenvalue weighted by atomic mass is 9.93. The van der Waals surface area contributed by atoms with Gasteiger partial charge in [0.15, 0.2) is 5.82 Å². The van der Waals surface area contributed by atoms with Crippen LogP contribution in [0.2, 0.25) is 0 Å². The van der Waals surface area contributed by atoms with Crippen LogP contribution < -0.4 is 5.32 Å². The van der Waals surface area contributed by atoms with Crippen LogP contribution in [0.25, 0.3) is 0 Å². The first-order valence-electron chi connectivity index (χ1n) is 6.52. The number of aromatic nitrogens is 2. The summed E-state index contributed by atoms with van der Waals surface area (Å²) < 4.78 is 5.22. The summed E-state index contributed by atoms with van der Waals surface area (Å²) in [6, 6.07) is 0.669. The zero-order valence-electron chi connectivity index (χ0n) is 10.5. The van der Waals surface area contributed by atoms with E-state index >= 15 is 0 Å². The van der Waals surface area contributed by atoms with E-state index in [-0.39, 0.29) is 0 Å². The molecule has 1 N–H and O–H groups in total. The van der Waals surface area contributed by atoms with Crippen molar-refractivity contribution < 1.29 is 4.52 Å². The van der Waals surface area contributed by atoms with Crippen LogP contribution in [0.15, 0.2) is 4.52 Å². The second kappa shape index (κ2) is 4.38. The molecule has 1 aromatic heterocycles. The molecule has 0 saturated carbocycles. The standard InChI is InChI=1S/C12H20N4O/c1-3-11-10-5-13-4-9(10)6-16(11)7-12-14-8(2)15-17-12/h9-11,13H,3-7H2,1-2H3. The lowest BCUT2D eigenvalue weighted by molar-refractivity contribution is 0.184. The Morgan fingerprint density at radius 2 is 2.35 bits per heavy atom. The molecule has 3 rings (SSSR count). The molecule has 2 aliphatic rings. The molecule has 2 saturated heterocycles. The molecule has 0 bridgehead atoms. The maximum Gasteiger partial charge on any atom is 0.240 e. The van der Waals surface area contributed by atoms with Gasteiger partial charge in [-0.1, -0.05) is 12.1 Å². The zero-order valence-corrected chi connectivity index (χ0v) is 10.5. The number of hydrogen-bond donors (Lipinski definition) is 1. The Labute approximate surface area is 102 Å². The van der Waals surface area contributed by atoms with E-state index in [0.717, 1.165) is 36.6 Å².